The Labute approximate surface area is 87.9 Å². The Kier molecular flexibility index (Phi) is 3.91. The molecule has 0 radical (unpaired) electrons. The molecule has 0 unspecified atom stereocenters. The van der Waals surface area contributed by atoms with E-state index in [9.17, 15) is 10.0 Å². The van der Waals surface area contributed by atoms with Crippen LogP contribution in [0.25, 0.3) is 0 Å². The molecule has 2 N–H and O–H groups in total. The van der Waals surface area contributed by atoms with Gasteiger partial charge in [-0.05, 0) is 18.6 Å². The van der Waals surface area contributed by atoms with Crippen LogP contribution in [-0.4, -0.2) is 16.8 Å². The Morgan fingerprint density at radius 3 is 2.60 bits per heavy atom. The minimum absolute atomic E-state index is 0.208. The van der Waals surface area contributed by atoms with Crippen molar-refractivity contribution in [1.29, 1.82) is 0 Å². The van der Waals surface area contributed by atoms with Crippen LogP contribution >= 0.6 is 0 Å². The molecule has 5 heteroatoms. The number of anilines is 1. The number of hydrogen-bond acceptors (Lipinski definition) is 4. The molecule has 0 aliphatic heterocycles. The number of nitroso groups, excluding NO2 is 1. The van der Waals surface area contributed by atoms with Crippen LogP contribution in [0, 0.1) is 4.91 Å². The fourth-order valence-corrected chi connectivity index (χ4v) is 1.20. The van der Waals surface area contributed by atoms with Gasteiger partial charge in [0.15, 0.2) is 11.5 Å². The summed E-state index contributed by atoms with van der Waals surface area (Å²) in [6.07, 6.45) is 1.80. The number of phenolic OH excluding ortho intramolecular Hbond substituents is 2. The van der Waals surface area contributed by atoms with Gasteiger partial charge in [-0.25, -0.2) is 5.01 Å². The number of phenols is 2. The molecule has 1 aromatic carbocycles. The number of aromatic hydroxyl groups is 2. The van der Waals surface area contributed by atoms with E-state index in [2.05, 4.69) is 5.29 Å². The molecule has 1 rings (SSSR count). The fraction of sp³-hybridized carbons (Fsp3) is 0.400. The Morgan fingerprint density at radius 2 is 2.07 bits per heavy atom. The minimum Gasteiger partial charge on any atom is -0.504 e. The monoisotopic (exact) mass is 210 g/mol. The molecule has 0 saturated carbocycles. The molecule has 0 fully saturated rings. The molecule has 0 heterocycles. The van der Waals surface area contributed by atoms with Crippen molar-refractivity contribution < 1.29 is 10.2 Å². The number of hydrogen-bond donors (Lipinski definition) is 2. The van der Waals surface area contributed by atoms with E-state index in [4.69, 9.17) is 5.11 Å². The lowest BCUT2D eigenvalue weighted by Gasteiger charge is -2.14. The maximum absolute atomic E-state index is 10.5. The summed E-state index contributed by atoms with van der Waals surface area (Å²) in [5.41, 5.74) is 0.480. The number of unbranched alkanes of at least 4 members (excludes halogenated alkanes) is 1. The minimum atomic E-state index is -0.252. The van der Waals surface area contributed by atoms with E-state index in [0.717, 1.165) is 12.8 Å². The zero-order chi connectivity index (χ0) is 11.3. The highest BCUT2D eigenvalue weighted by molar-refractivity contribution is 5.54. The molecule has 5 nitrogen and oxygen atoms in total. The smallest absolute Gasteiger partial charge is 0.159 e. The highest BCUT2D eigenvalue weighted by Gasteiger charge is 2.08. The third-order valence-corrected chi connectivity index (χ3v) is 2.08. The van der Waals surface area contributed by atoms with Crippen LogP contribution in [-0.2, 0) is 0 Å². The fourth-order valence-electron chi connectivity index (χ4n) is 1.20. The molecule has 82 valence electrons. The van der Waals surface area contributed by atoms with Gasteiger partial charge in [-0.2, -0.15) is 0 Å². The lowest BCUT2D eigenvalue weighted by Crippen LogP contribution is -2.16. The van der Waals surface area contributed by atoms with Crippen LogP contribution in [0.4, 0.5) is 5.69 Å². The van der Waals surface area contributed by atoms with Crippen molar-refractivity contribution in [1.82, 2.24) is 0 Å². The molecule has 0 atom stereocenters. The van der Waals surface area contributed by atoms with E-state index >= 15 is 0 Å². The van der Waals surface area contributed by atoms with Crippen molar-refractivity contribution in [3.8, 4) is 11.5 Å². The van der Waals surface area contributed by atoms with E-state index in [1.165, 1.54) is 23.2 Å². The van der Waals surface area contributed by atoms with E-state index in [1.807, 2.05) is 6.92 Å². The predicted molar refractivity (Wildman–Crippen MR) is 57.8 cm³/mol. The standard InChI is InChI=1S/C10H14N2O3/c1-2-3-6-12(11-15)8-4-5-9(13)10(14)7-8/h4-5,7,13-14H,2-3,6H2,1H3. The molecule has 0 bridgehead atoms. The van der Waals surface area contributed by atoms with E-state index in [1.54, 1.807) is 0 Å². The van der Waals surface area contributed by atoms with Crippen molar-refractivity contribution in [2.24, 2.45) is 5.29 Å². The third-order valence-electron chi connectivity index (χ3n) is 2.08. The first-order valence-electron chi connectivity index (χ1n) is 4.81. The lowest BCUT2D eigenvalue weighted by atomic mass is 10.2. The van der Waals surface area contributed by atoms with Crippen LogP contribution in [0.3, 0.4) is 0 Å². The molecular formula is C10H14N2O3. The van der Waals surface area contributed by atoms with E-state index < -0.39 is 0 Å². The first-order chi connectivity index (χ1) is 7.19. The first-order valence-corrected chi connectivity index (χ1v) is 4.81. The molecule has 0 aliphatic rings. The van der Waals surface area contributed by atoms with Crippen molar-refractivity contribution in [2.45, 2.75) is 19.8 Å². The maximum atomic E-state index is 10.5. The average Bonchev–Trinajstić information content (AvgIpc) is 2.24. The zero-order valence-electron chi connectivity index (χ0n) is 8.55. The highest BCUT2D eigenvalue weighted by atomic mass is 16.3. The van der Waals surface area contributed by atoms with Crippen molar-refractivity contribution >= 4 is 5.69 Å². The highest BCUT2D eigenvalue weighted by Crippen LogP contribution is 2.29. The molecular weight excluding hydrogens is 196 g/mol. The van der Waals surface area contributed by atoms with Crippen LogP contribution in [0.2, 0.25) is 0 Å². The van der Waals surface area contributed by atoms with Gasteiger partial charge < -0.3 is 10.2 Å². The first kappa shape index (κ1) is 11.3. The second-order valence-electron chi connectivity index (χ2n) is 3.23. The number of benzene rings is 1. The third kappa shape index (κ3) is 2.83. The van der Waals surface area contributed by atoms with E-state index in [-0.39, 0.29) is 11.5 Å². The lowest BCUT2D eigenvalue weighted by molar-refractivity contribution is 0.403. The normalized spacial score (nSPS) is 9.93. The van der Waals surface area contributed by atoms with E-state index in [0.29, 0.717) is 12.2 Å². The molecule has 1 aromatic rings. The van der Waals surface area contributed by atoms with Crippen LogP contribution < -0.4 is 5.01 Å². The summed E-state index contributed by atoms with van der Waals surface area (Å²) in [5.74, 6) is -0.460. The summed E-state index contributed by atoms with van der Waals surface area (Å²) in [6.45, 7) is 2.52. The average molecular weight is 210 g/mol. The molecule has 0 aromatic heterocycles. The maximum Gasteiger partial charge on any atom is 0.159 e. The van der Waals surface area contributed by atoms with Gasteiger partial charge in [0.2, 0.25) is 0 Å². The van der Waals surface area contributed by atoms with Crippen LogP contribution in [0.5, 0.6) is 11.5 Å². The number of rotatable bonds is 5. The van der Waals surface area contributed by atoms with Gasteiger partial charge in [-0.1, -0.05) is 13.3 Å². The molecule has 0 saturated heterocycles. The quantitative estimate of drug-likeness (QED) is 0.444. The summed E-state index contributed by atoms with van der Waals surface area (Å²) >= 11 is 0. The summed E-state index contributed by atoms with van der Waals surface area (Å²) in [7, 11) is 0. The molecule has 0 amide bonds. The van der Waals surface area contributed by atoms with Gasteiger partial charge in [0, 0.05) is 12.6 Å². The Balaban J connectivity index is 2.82. The largest absolute Gasteiger partial charge is 0.504 e. The molecule has 15 heavy (non-hydrogen) atoms. The zero-order valence-corrected chi connectivity index (χ0v) is 8.55. The van der Waals surface area contributed by atoms with Gasteiger partial charge in [0.25, 0.3) is 0 Å². The van der Waals surface area contributed by atoms with Gasteiger partial charge >= 0.3 is 0 Å². The molecule has 0 aliphatic carbocycles. The Bertz CT molecular complexity index is 341. The summed E-state index contributed by atoms with van der Waals surface area (Å²) in [4.78, 5) is 10.5. The second kappa shape index (κ2) is 5.19. The van der Waals surface area contributed by atoms with Crippen molar-refractivity contribution in [3.05, 3.63) is 23.1 Å². The molecule has 0 spiro atoms. The second-order valence-corrected chi connectivity index (χ2v) is 3.23. The van der Waals surface area contributed by atoms with Gasteiger partial charge in [-0.3, -0.25) is 0 Å². The summed E-state index contributed by atoms with van der Waals surface area (Å²) in [6, 6.07) is 4.17. The summed E-state index contributed by atoms with van der Waals surface area (Å²) in [5, 5.41) is 22.5. The van der Waals surface area contributed by atoms with Crippen LogP contribution in [0.15, 0.2) is 23.5 Å². The number of nitrogens with zero attached hydrogens (tertiary/aromatic N) is 2. The SMILES string of the molecule is CCCCN(N=O)c1ccc(O)c(O)c1. The van der Waals surface area contributed by atoms with Gasteiger partial charge in [0.1, 0.15) is 0 Å². The topological polar surface area (TPSA) is 73.1 Å². The Hall–Kier alpha value is -1.78. The van der Waals surface area contributed by atoms with Gasteiger partial charge in [-0.15, -0.1) is 4.91 Å². The van der Waals surface area contributed by atoms with Gasteiger partial charge in [0.05, 0.1) is 11.0 Å². The predicted octanol–water partition coefficient (Wildman–Crippen LogP) is 2.39. The summed E-state index contributed by atoms with van der Waals surface area (Å²) < 4.78 is 0. The van der Waals surface area contributed by atoms with Crippen molar-refractivity contribution in [3.63, 3.8) is 0 Å². The van der Waals surface area contributed by atoms with Crippen molar-refractivity contribution in [2.75, 3.05) is 11.6 Å². The van der Waals surface area contributed by atoms with Crippen LogP contribution in [0.1, 0.15) is 19.8 Å². The Morgan fingerprint density at radius 1 is 1.33 bits per heavy atom.